The number of rotatable bonds is 3. The van der Waals surface area contributed by atoms with Crippen molar-refractivity contribution in [1.29, 1.82) is 0 Å². The minimum atomic E-state index is 0.741. The van der Waals surface area contributed by atoms with Gasteiger partial charge in [0, 0.05) is 26.8 Å². The van der Waals surface area contributed by atoms with Crippen LogP contribution >= 0.6 is 12.2 Å². The smallest absolute Gasteiger partial charge is 0.132 e. The van der Waals surface area contributed by atoms with Gasteiger partial charge in [-0.3, -0.25) is 0 Å². The molecule has 0 fully saturated rings. The molecule has 0 aliphatic heterocycles. The summed E-state index contributed by atoms with van der Waals surface area (Å²) >= 11 is 5.53. The van der Waals surface area contributed by atoms with Crippen LogP contribution in [0.25, 0.3) is 23.2 Å². The van der Waals surface area contributed by atoms with E-state index in [1.165, 1.54) is 5.69 Å². The summed E-state index contributed by atoms with van der Waals surface area (Å²) in [7, 11) is 6.05. The highest BCUT2D eigenvalue weighted by molar-refractivity contribution is 7.71. The van der Waals surface area contributed by atoms with Crippen molar-refractivity contribution in [3.05, 3.63) is 64.4 Å². The van der Waals surface area contributed by atoms with Crippen LogP contribution in [0.15, 0.2) is 48.5 Å². The molecule has 0 saturated heterocycles. The molecule has 0 amide bonds. The number of benzene rings is 2. The summed E-state index contributed by atoms with van der Waals surface area (Å²) in [5.74, 6) is 0. The van der Waals surface area contributed by atoms with Crippen LogP contribution in [0, 0.1) is 4.64 Å². The topological polar surface area (TPSA) is 21.1 Å². The summed E-state index contributed by atoms with van der Waals surface area (Å²) in [5, 5.41) is 0. The lowest BCUT2D eigenvalue weighted by molar-refractivity contribution is 0.917. The number of aryl methyl sites for hydroxylation is 1. The van der Waals surface area contributed by atoms with Crippen molar-refractivity contribution in [2.24, 2.45) is 7.05 Å². The molecule has 2 aromatic carbocycles. The van der Waals surface area contributed by atoms with Gasteiger partial charge in [-0.1, -0.05) is 42.6 Å². The van der Waals surface area contributed by atoms with Gasteiger partial charge in [0.1, 0.15) is 4.64 Å². The summed E-state index contributed by atoms with van der Waals surface area (Å²) < 4.78 is 2.75. The van der Waals surface area contributed by atoms with Crippen molar-refractivity contribution in [1.82, 2.24) is 9.55 Å². The molecule has 0 aliphatic carbocycles. The van der Waals surface area contributed by atoms with Crippen molar-refractivity contribution in [2.75, 3.05) is 19.0 Å². The number of aromatic nitrogens is 2. The van der Waals surface area contributed by atoms with Crippen molar-refractivity contribution in [2.45, 2.75) is 0 Å². The lowest BCUT2D eigenvalue weighted by atomic mass is 10.1. The van der Waals surface area contributed by atoms with E-state index in [2.05, 4.69) is 34.1 Å². The first-order chi connectivity index (χ1) is 11.1. The van der Waals surface area contributed by atoms with Gasteiger partial charge in [0.2, 0.25) is 0 Å². The molecule has 0 N–H and O–H groups in total. The quantitative estimate of drug-likeness (QED) is 0.661. The zero-order valence-electron chi connectivity index (χ0n) is 13.5. The van der Waals surface area contributed by atoms with E-state index < -0.39 is 0 Å². The summed E-state index contributed by atoms with van der Waals surface area (Å²) in [4.78, 5) is 6.76. The number of anilines is 1. The molecule has 0 bridgehead atoms. The Kier molecular flexibility index (Phi) is 4.26. The second-order valence-electron chi connectivity index (χ2n) is 5.67. The SMILES string of the molecule is CN(C)c1ccc(C=Cc2nc3ccccc3n(C)c2=S)cc1. The average molecular weight is 321 g/mol. The number of para-hydroxylation sites is 2. The highest BCUT2D eigenvalue weighted by atomic mass is 32.1. The molecule has 3 rings (SSSR count). The van der Waals surface area contributed by atoms with Crippen molar-refractivity contribution >= 4 is 41.1 Å². The number of fused-ring (bicyclic) bond motifs is 1. The molecule has 0 saturated carbocycles. The molecule has 1 aromatic heterocycles. The van der Waals surface area contributed by atoms with E-state index in [1.54, 1.807) is 0 Å². The third-order valence-electron chi connectivity index (χ3n) is 3.85. The van der Waals surface area contributed by atoms with Crippen LogP contribution in [-0.4, -0.2) is 23.6 Å². The van der Waals surface area contributed by atoms with Crippen LogP contribution in [0.5, 0.6) is 0 Å². The molecule has 3 nitrogen and oxygen atoms in total. The Balaban J connectivity index is 1.97. The maximum Gasteiger partial charge on any atom is 0.132 e. The minimum absolute atomic E-state index is 0.741. The van der Waals surface area contributed by atoms with Crippen LogP contribution in [0.4, 0.5) is 5.69 Å². The predicted octanol–water partition coefficient (Wildman–Crippen LogP) is 4.54. The van der Waals surface area contributed by atoms with Gasteiger partial charge in [-0.2, -0.15) is 0 Å². The van der Waals surface area contributed by atoms with Gasteiger partial charge in [-0.15, -0.1) is 0 Å². The summed E-state index contributed by atoms with van der Waals surface area (Å²) in [5.41, 5.74) is 5.12. The van der Waals surface area contributed by atoms with E-state index in [4.69, 9.17) is 12.2 Å². The van der Waals surface area contributed by atoms with Crippen LogP contribution in [0.3, 0.4) is 0 Å². The zero-order chi connectivity index (χ0) is 16.4. The minimum Gasteiger partial charge on any atom is -0.378 e. The van der Waals surface area contributed by atoms with Gasteiger partial charge in [0.25, 0.3) is 0 Å². The predicted molar refractivity (Wildman–Crippen MR) is 101 cm³/mol. The first-order valence-electron chi connectivity index (χ1n) is 7.47. The average Bonchev–Trinajstić information content (AvgIpc) is 2.57. The lowest BCUT2D eigenvalue weighted by Gasteiger charge is -2.11. The van der Waals surface area contributed by atoms with Gasteiger partial charge in [0.15, 0.2) is 0 Å². The summed E-state index contributed by atoms with van der Waals surface area (Å²) in [6, 6.07) is 16.4. The van der Waals surface area contributed by atoms with Crippen LogP contribution in [-0.2, 0) is 7.05 Å². The summed E-state index contributed by atoms with van der Waals surface area (Å²) in [6.07, 6.45) is 4.03. The number of hydrogen-bond donors (Lipinski definition) is 0. The zero-order valence-corrected chi connectivity index (χ0v) is 14.3. The monoisotopic (exact) mass is 321 g/mol. The molecule has 116 valence electrons. The van der Waals surface area contributed by atoms with E-state index in [-0.39, 0.29) is 0 Å². The van der Waals surface area contributed by atoms with Crippen LogP contribution < -0.4 is 4.90 Å². The molecule has 4 heteroatoms. The number of hydrogen-bond acceptors (Lipinski definition) is 3. The second kappa shape index (κ2) is 6.34. The van der Waals surface area contributed by atoms with E-state index >= 15 is 0 Å². The molecule has 3 aromatic rings. The Morgan fingerprint density at radius 3 is 2.39 bits per heavy atom. The third kappa shape index (κ3) is 3.17. The highest BCUT2D eigenvalue weighted by Gasteiger charge is 2.02. The Hall–Kier alpha value is -2.46. The van der Waals surface area contributed by atoms with E-state index in [9.17, 15) is 0 Å². The molecule has 1 heterocycles. The van der Waals surface area contributed by atoms with Gasteiger partial charge < -0.3 is 9.47 Å². The fourth-order valence-electron chi connectivity index (χ4n) is 2.47. The van der Waals surface area contributed by atoms with Gasteiger partial charge in [-0.25, -0.2) is 4.98 Å². The third-order valence-corrected chi connectivity index (χ3v) is 4.33. The normalized spacial score (nSPS) is 11.3. The van der Waals surface area contributed by atoms with Gasteiger partial charge >= 0.3 is 0 Å². The standard InChI is InChI=1S/C19H19N3S/c1-21(2)15-11-8-14(9-12-15)10-13-17-19(23)22(3)18-7-5-4-6-16(18)20-17/h4-13H,1-3H3. The van der Waals surface area contributed by atoms with Gasteiger partial charge in [0.05, 0.1) is 16.7 Å². The van der Waals surface area contributed by atoms with E-state index in [1.807, 2.05) is 62.1 Å². The first kappa shape index (κ1) is 15.4. The largest absolute Gasteiger partial charge is 0.378 e. The molecule has 0 spiro atoms. The molecular formula is C19H19N3S. The van der Waals surface area contributed by atoms with Crippen LogP contribution in [0.2, 0.25) is 0 Å². The van der Waals surface area contributed by atoms with Crippen LogP contribution in [0.1, 0.15) is 11.3 Å². The number of nitrogens with zero attached hydrogens (tertiary/aromatic N) is 3. The Labute approximate surface area is 141 Å². The Morgan fingerprint density at radius 1 is 1.00 bits per heavy atom. The molecular weight excluding hydrogens is 302 g/mol. The fraction of sp³-hybridized carbons (Fsp3) is 0.158. The lowest BCUT2D eigenvalue weighted by Crippen LogP contribution is -2.07. The molecule has 0 unspecified atom stereocenters. The molecule has 0 atom stereocenters. The Bertz CT molecular complexity index is 921. The maximum absolute atomic E-state index is 5.53. The molecule has 23 heavy (non-hydrogen) atoms. The van der Waals surface area contributed by atoms with Crippen molar-refractivity contribution < 1.29 is 0 Å². The Morgan fingerprint density at radius 2 is 1.70 bits per heavy atom. The molecule has 0 aliphatic rings. The maximum atomic E-state index is 5.53. The second-order valence-corrected chi connectivity index (χ2v) is 6.06. The van der Waals surface area contributed by atoms with E-state index in [0.717, 1.165) is 26.9 Å². The highest BCUT2D eigenvalue weighted by Crippen LogP contribution is 2.17. The van der Waals surface area contributed by atoms with E-state index in [0.29, 0.717) is 0 Å². The fourth-order valence-corrected chi connectivity index (χ4v) is 2.68. The molecule has 0 radical (unpaired) electrons. The first-order valence-corrected chi connectivity index (χ1v) is 7.88. The summed E-state index contributed by atoms with van der Waals surface area (Å²) in [6.45, 7) is 0. The van der Waals surface area contributed by atoms with Gasteiger partial charge in [-0.05, 0) is 35.9 Å². The van der Waals surface area contributed by atoms with Crippen molar-refractivity contribution in [3.63, 3.8) is 0 Å². The van der Waals surface area contributed by atoms with Crippen molar-refractivity contribution in [3.8, 4) is 0 Å².